The van der Waals surface area contributed by atoms with Crippen molar-refractivity contribution in [2.45, 2.75) is 33.4 Å². The molecule has 1 heterocycles. The largest absolute Gasteiger partial charge is 0.507 e. The number of phenols is 1. The third-order valence-electron chi connectivity index (χ3n) is 2.92. The number of aliphatic imine (C=N–C) groups is 1. The molecule has 0 saturated heterocycles. The van der Waals surface area contributed by atoms with Crippen molar-refractivity contribution in [1.29, 1.82) is 0 Å². The molecule has 0 spiro atoms. The van der Waals surface area contributed by atoms with Gasteiger partial charge in [-0.15, -0.1) is 0 Å². The van der Waals surface area contributed by atoms with Gasteiger partial charge < -0.3 is 15.7 Å². The van der Waals surface area contributed by atoms with Crippen LogP contribution in [0.5, 0.6) is 5.75 Å². The van der Waals surface area contributed by atoms with Gasteiger partial charge in [0.1, 0.15) is 5.75 Å². The minimum atomic E-state index is 0.388. The number of hydrogen-bond donors (Lipinski definition) is 3. The normalized spacial score (nSPS) is 18.8. The van der Waals surface area contributed by atoms with E-state index in [0.29, 0.717) is 11.8 Å². The molecule has 2 rings (SSSR count). The number of nitrogens with zero attached hydrogens (tertiary/aromatic N) is 1. The minimum absolute atomic E-state index is 0.388. The SMILES string of the molecule is Cc1cc(CNC2=NCC(C)N2)cc(C)c1O. The van der Waals surface area contributed by atoms with Gasteiger partial charge in [-0.1, -0.05) is 12.1 Å². The Morgan fingerprint density at radius 1 is 1.41 bits per heavy atom. The van der Waals surface area contributed by atoms with Crippen molar-refractivity contribution in [3.8, 4) is 5.75 Å². The minimum Gasteiger partial charge on any atom is -0.507 e. The van der Waals surface area contributed by atoms with Gasteiger partial charge in [0.2, 0.25) is 0 Å². The van der Waals surface area contributed by atoms with Gasteiger partial charge in [-0.05, 0) is 37.5 Å². The molecule has 1 aliphatic heterocycles. The molecule has 0 aromatic heterocycles. The summed E-state index contributed by atoms with van der Waals surface area (Å²) in [4.78, 5) is 4.34. The fraction of sp³-hybridized carbons (Fsp3) is 0.462. The topological polar surface area (TPSA) is 56.7 Å². The Hall–Kier alpha value is -1.71. The maximum Gasteiger partial charge on any atom is 0.191 e. The molecule has 92 valence electrons. The second-order valence-corrected chi connectivity index (χ2v) is 4.67. The molecule has 0 bridgehead atoms. The van der Waals surface area contributed by atoms with E-state index in [4.69, 9.17) is 0 Å². The van der Waals surface area contributed by atoms with Crippen molar-refractivity contribution >= 4 is 5.96 Å². The molecule has 1 atom stereocenters. The smallest absolute Gasteiger partial charge is 0.191 e. The summed E-state index contributed by atoms with van der Waals surface area (Å²) in [5, 5.41) is 16.2. The summed E-state index contributed by atoms with van der Waals surface area (Å²) in [5.74, 6) is 1.25. The first-order chi connectivity index (χ1) is 8.06. The molecule has 3 N–H and O–H groups in total. The van der Waals surface area contributed by atoms with Crippen molar-refractivity contribution in [3.05, 3.63) is 28.8 Å². The standard InChI is InChI=1S/C13H19N3O/c1-8-4-11(5-9(2)12(8)17)7-15-13-14-6-10(3)16-13/h4-5,10,17H,6-7H2,1-3H3,(H2,14,15,16). The molecule has 4 nitrogen and oxygen atoms in total. The lowest BCUT2D eigenvalue weighted by Crippen LogP contribution is -2.37. The van der Waals surface area contributed by atoms with Crippen LogP contribution in [0.25, 0.3) is 0 Å². The highest BCUT2D eigenvalue weighted by molar-refractivity contribution is 5.81. The Morgan fingerprint density at radius 3 is 2.59 bits per heavy atom. The lowest BCUT2D eigenvalue weighted by Gasteiger charge is -2.11. The van der Waals surface area contributed by atoms with Gasteiger partial charge >= 0.3 is 0 Å². The summed E-state index contributed by atoms with van der Waals surface area (Å²) < 4.78 is 0. The number of rotatable bonds is 2. The van der Waals surface area contributed by atoms with Crippen LogP contribution in [0.2, 0.25) is 0 Å². The van der Waals surface area contributed by atoms with Crippen molar-refractivity contribution in [3.63, 3.8) is 0 Å². The molecule has 1 aromatic rings. The van der Waals surface area contributed by atoms with E-state index in [1.807, 2.05) is 26.0 Å². The van der Waals surface area contributed by atoms with Crippen molar-refractivity contribution < 1.29 is 5.11 Å². The highest BCUT2D eigenvalue weighted by Gasteiger charge is 2.11. The first kappa shape index (κ1) is 11.8. The number of guanidine groups is 1. The molecule has 1 aliphatic rings. The third-order valence-corrected chi connectivity index (χ3v) is 2.92. The third kappa shape index (κ3) is 2.70. The van der Waals surface area contributed by atoms with Gasteiger partial charge in [0, 0.05) is 12.6 Å². The van der Waals surface area contributed by atoms with Crippen LogP contribution in [0.1, 0.15) is 23.6 Å². The van der Waals surface area contributed by atoms with Crippen LogP contribution in [-0.2, 0) is 6.54 Å². The Kier molecular flexibility index (Phi) is 3.22. The van der Waals surface area contributed by atoms with Crippen LogP contribution in [0.4, 0.5) is 0 Å². The highest BCUT2D eigenvalue weighted by Crippen LogP contribution is 2.22. The lowest BCUT2D eigenvalue weighted by molar-refractivity contribution is 0.466. The molecule has 1 unspecified atom stereocenters. The van der Waals surface area contributed by atoms with Crippen LogP contribution < -0.4 is 10.6 Å². The van der Waals surface area contributed by atoms with Crippen LogP contribution >= 0.6 is 0 Å². The fourth-order valence-electron chi connectivity index (χ4n) is 1.99. The molecule has 0 saturated carbocycles. The Morgan fingerprint density at radius 2 is 2.06 bits per heavy atom. The summed E-state index contributed by atoms with van der Waals surface area (Å²) in [6.45, 7) is 7.49. The Balaban J connectivity index is 2.00. The summed E-state index contributed by atoms with van der Waals surface area (Å²) in [5.41, 5.74) is 2.98. The van der Waals surface area contributed by atoms with E-state index in [2.05, 4.69) is 22.5 Å². The molecule has 0 radical (unpaired) electrons. The number of nitrogens with one attached hydrogen (secondary N) is 2. The predicted octanol–water partition coefficient (Wildman–Crippen LogP) is 1.45. The quantitative estimate of drug-likeness (QED) is 0.724. The summed E-state index contributed by atoms with van der Waals surface area (Å²) >= 11 is 0. The lowest BCUT2D eigenvalue weighted by atomic mass is 10.1. The Labute approximate surface area is 102 Å². The number of hydrogen-bond acceptors (Lipinski definition) is 4. The van der Waals surface area contributed by atoms with Crippen LogP contribution in [0.15, 0.2) is 17.1 Å². The second kappa shape index (κ2) is 4.65. The molecule has 4 heteroatoms. The average molecular weight is 233 g/mol. The second-order valence-electron chi connectivity index (χ2n) is 4.67. The number of aryl methyl sites for hydroxylation is 2. The highest BCUT2D eigenvalue weighted by atomic mass is 16.3. The van der Waals surface area contributed by atoms with Gasteiger partial charge in [0.15, 0.2) is 5.96 Å². The van der Waals surface area contributed by atoms with Crippen LogP contribution in [0.3, 0.4) is 0 Å². The average Bonchev–Trinajstić information content (AvgIpc) is 2.69. The molecule has 17 heavy (non-hydrogen) atoms. The molecular weight excluding hydrogens is 214 g/mol. The van der Waals surface area contributed by atoms with Gasteiger partial charge in [-0.25, -0.2) is 0 Å². The number of benzene rings is 1. The van der Waals surface area contributed by atoms with Gasteiger partial charge in [-0.2, -0.15) is 0 Å². The van der Waals surface area contributed by atoms with E-state index < -0.39 is 0 Å². The van der Waals surface area contributed by atoms with Crippen molar-refractivity contribution in [1.82, 2.24) is 10.6 Å². The van der Waals surface area contributed by atoms with E-state index >= 15 is 0 Å². The first-order valence-electron chi connectivity index (χ1n) is 5.90. The van der Waals surface area contributed by atoms with Gasteiger partial charge in [-0.3, -0.25) is 4.99 Å². The fourth-order valence-corrected chi connectivity index (χ4v) is 1.99. The summed E-state index contributed by atoms with van der Waals surface area (Å²) in [6, 6.07) is 4.41. The van der Waals surface area contributed by atoms with Gasteiger partial charge in [0.25, 0.3) is 0 Å². The molecule has 1 aromatic carbocycles. The summed E-state index contributed by atoms with van der Waals surface area (Å²) in [6.07, 6.45) is 0. The van der Waals surface area contributed by atoms with Crippen molar-refractivity contribution in [2.24, 2.45) is 4.99 Å². The number of aromatic hydroxyl groups is 1. The van der Waals surface area contributed by atoms with E-state index in [-0.39, 0.29) is 0 Å². The maximum absolute atomic E-state index is 9.69. The molecule has 0 aliphatic carbocycles. The van der Waals surface area contributed by atoms with Crippen LogP contribution in [-0.4, -0.2) is 23.7 Å². The zero-order valence-corrected chi connectivity index (χ0v) is 10.5. The molecule has 0 fully saturated rings. The van der Waals surface area contributed by atoms with Gasteiger partial charge in [0.05, 0.1) is 6.54 Å². The monoisotopic (exact) mass is 233 g/mol. The van der Waals surface area contributed by atoms with Crippen LogP contribution in [0, 0.1) is 13.8 Å². The predicted molar refractivity (Wildman–Crippen MR) is 69.3 cm³/mol. The maximum atomic E-state index is 9.69. The first-order valence-corrected chi connectivity index (χ1v) is 5.90. The summed E-state index contributed by atoms with van der Waals surface area (Å²) in [7, 11) is 0. The zero-order valence-electron chi connectivity index (χ0n) is 10.5. The van der Waals surface area contributed by atoms with E-state index in [1.165, 1.54) is 0 Å². The van der Waals surface area contributed by atoms with E-state index in [0.717, 1.165) is 35.7 Å². The Bertz CT molecular complexity index is 431. The molecule has 0 amide bonds. The van der Waals surface area contributed by atoms with E-state index in [1.54, 1.807) is 0 Å². The number of phenolic OH excluding ortho intramolecular Hbond substituents is 1. The van der Waals surface area contributed by atoms with Crippen molar-refractivity contribution in [2.75, 3.05) is 6.54 Å². The zero-order chi connectivity index (χ0) is 12.4. The molecular formula is C13H19N3O. The van der Waals surface area contributed by atoms with E-state index in [9.17, 15) is 5.11 Å².